The SMILES string of the molecule is Oc1ccc(C(c2ccccc2)c2ccccc2)c(O)c1O. The van der Waals surface area contributed by atoms with Crippen molar-refractivity contribution >= 4 is 0 Å². The van der Waals surface area contributed by atoms with Gasteiger partial charge in [0.15, 0.2) is 11.5 Å². The highest BCUT2D eigenvalue weighted by atomic mass is 16.3. The minimum atomic E-state index is -0.491. The minimum absolute atomic E-state index is 0.228. The number of aromatic hydroxyl groups is 3. The van der Waals surface area contributed by atoms with E-state index in [2.05, 4.69) is 0 Å². The molecule has 0 heterocycles. The van der Waals surface area contributed by atoms with E-state index in [1.54, 1.807) is 6.07 Å². The Morgan fingerprint density at radius 1 is 0.545 bits per heavy atom. The third-order valence-electron chi connectivity index (χ3n) is 3.74. The fourth-order valence-corrected chi connectivity index (χ4v) is 2.66. The molecule has 0 unspecified atom stereocenters. The average Bonchev–Trinajstić information content (AvgIpc) is 2.57. The average molecular weight is 292 g/mol. The van der Waals surface area contributed by atoms with E-state index in [-0.39, 0.29) is 17.4 Å². The topological polar surface area (TPSA) is 60.7 Å². The number of hydrogen-bond donors (Lipinski definition) is 3. The summed E-state index contributed by atoms with van der Waals surface area (Å²) in [6.45, 7) is 0. The van der Waals surface area contributed by atoms with Gasteiger partial charge >= 0.3 is 0 Å². The molecule has 0 aliphatic rings. The minimum Gasteiger partial charge on any atom is -0.504 e. The number of benzene rings is 3. The van der Waals surface area contributed by atoms with Crippen LogP contribution in [0, 0.1) is 0 Å². The largest absolute Gasteiger partial charge is 0.504 e. The molecule has 0 fully saturated rings. The Hall–Kier alpha value is -2.94. The molecule has 0 saturated carbocycles. The Morgan fingerprint density at radius 3 is 1.55 bits per heavy atom. The van der Waals surface area contributed by atoms with Crippen LogP contribution in [0.4, 0.5) is 0 Å². The lowest BCUT2D eigenvalue weighted by atomic mass is 9.84. The second-order valence-electron chi connectivity index (χ2n) is 5.13. The molecule has 3 rings (SSSR count). The third-order valence-corrected chi connectivity index (χ3v) is 3.74. The summed E-state index contributed by atoms with van der Waals surface area (Å²) in [4.78, 5) is 0. The van der Waals surface area contributed by atoms with Crippen molar-refractivity contribution in [2.45, 2.75) is 5.92 Å². The van der Waals surface area contributed by atoms with E-state index < -0.39 is 5.75 Å². The summed E-state index contributed by atoms with van der Waals surface area (Å²) in [6, 6.07) is 22.5. The first kappa shape index (κ1) is 14.0. The molecule has 3 nitrogen and oxygen atoms in total. The van der Waals surface area contributed by atoms with Gasteiger partial charge in [0, 0.05) is 11.5 Å². The van der Waals surface area contributed by atoms with Crippen molar-refractivity contribution in [1.82, 2.24) is 0 Å². The molecule has 110 valence electrons. The van der Waals surface area contributed by atoms with Crippen LogP contribution in [0.1, 0.15) is 22.6 Å². The fourth-order valence-electron chi connectivity index (χ4n) is 2.66. The van der Waals surface area contributed by atoms with Crippen LogP contribution in [0.3, 0.4) is 0 Å². The molecule has 3 aromatic rings. The maximum absolute atomic E-state index is 10.3. The van der Waals surface area contributed by atoms with E-state index in [0.29, 0.717) is 5.56 Å². The standard InChI is InChI=1S/C19H16O3/c20-16-12-11-15(18(21)19(16)22)17(13-7-3-1-4-8-13)14-9-5-2-6-10-14/h1-12,17,20-22H. The van der Waals surface area contributed by atoms with Crippen LogP contribution >= 0.6 is 0 Å². The van der Waals surface area contributed by atoms with Gasteiger partial charge in [0.05, 0.1) is 0 Å². The van der Waals surface area contributed by atoms with Gasteiger partial charge in [-0.1, -0.05) is 66.7 Å². The zero-order chi connectivity index (χ0) is 15.5. The van der Waals surface area contributed by atoms with Crippen LogP contribution in [-0.4, -0.2) is 15.3 Å². The molecule has 0 saturated heterocycles. The summed E-state index contributed by atoms with van der Waals surface area (Å²) in [5.74, 6) is -1.35. The van der Waals surface area contributed by atoms with Gasteiger partial charge in [0.2, 0.25) is 5.75 Å². The Balaban J connectivity index is 2.21. The van der Waals surface area contributed by atoms with Crippen molar-refractivity contribution < 1.29 is 15.3 Å². The lowest BCUT2D eigenvalue weighted by Crippen LogP contribution is -2.03. The van der Waals surface area contributed by atoms with Crippen LogP contribution in [0.25, 0.3) is 0 Å². The Kier molecular flexibility index (Phi) is 3.71. The van der Waals surface area contributed by atoms with Gasteiger partial charge < -0.3 is 15.3 Å². The van der Waals surface area contributed by atoms with Crippen LogP contribution in [0.5, 0.6) is 17.2 Å². The predicted octanol–water partition coefficient (Wildman–Crippen LogP) is 3.98. The molecule has 0 aromatic heterocycles. The lowest BCUT2D eigenvalue weighted by molar-refractivity contribution is 0.364. The van der Waals surface area contributed by atoms with E-state index in [1.165, 1.54) is 6.07 Å². The molecule has 3 heteroatoms. The highest BCUT2D eigenvalue weighted by Crippen LogP contribution is 2.44. The molecular formula is C19H16O3. The molecule has 0 spiro atoms. The normalized spacial score (nSPS) is 10.8. The predicted molar refractivity (Wildman–Crippen MR) is 85.3 cm³/mol. The van der Waals surface area contributed by atoms with E-state index in [1.807, 2.05) is 60.7 Å². The van der Waals surface area contributed by atoms with Gasteiger partial charge in [0.25, 0.3) is 0 Å². The summed E-state index contributed by atoms with van der Waals surface area (Å²) < 4.78 is 0. The van der Waals surface area contributed by atoms with Crippen molar-refractivity contribution in [3.63, 3.8) is 0 Å². The summed E-state index contributed by atoms with van der Waals surface area (Å²) in [6.07, 6.45) is 0. The van der Waals surface area contributed by atoms with Crippen molar-refractivity contribution in [2.24, 2.45) is 0 Å². The van der Waals surface area contributed by atoms with Crippen molar-refractivity contribution in [3.05, 3.63) is 89.5 Å². The van der Waals surface area contributed by atoms with Crippen LogP contribution < -0.4 is 0 Å². The van der Waals surface area contributed by atoms with E-state index in [0.717, 1.165) is 11.1 Å². The molecule has 3 aromatic carbocycles. The van der Waals surface area contributed by atoms with Gasteiger partial charge in [-0.05, 0) is 17.2 Å². The Labute approximate surface area is 128 Å². The lowest BCUT2D eigenvalue weighted by Gasteiger charge is -2.20. The van der Waals surface area contributed by atoms with E-state index in [4.69, 9.17) is 0 Å². The first-order valence-electron chi connectivity index (χ1n) is 7.02. The van der Waals surface area contributed by atoms with Gasteiger partial charge in [-0.25, -0.2) is 0 Å². The number of phenols is 3. The second kappa shape index (κ2) is 5.82. The molecule has 0 amide bonds. The Morgan fingerprint density at radius 2 is 1.05 bits per heavy atom. The molecule has 0 bridgehead atoms. The maximum atomic E-state index is 10.3. The fraction of sp³-hybridized carbons (Fsp3) is 0.0526. The highest BCUT2D eigenvalue weighted by Gasteiger charge is 2.22. The van der Waals surface area contributed by atoms with Crippen molar-refractivity contribution in [2.75, 3.05) is 0 Å². The van der Waals surface area contributed by atoms with Gasteiger partial charge in [-0.2, -0.15) is 0 Å². The van der Waals surface area contributed by atoms with Crippen LogP contribution in [0.15, 0.2) is 72.8 Å². The van der Waals surface area contributed by atoms with Crippen molar-refractivity contribution in [1.29, 1.82) is 0 Å². The summed E-state index contributed by atoms with van der Waals surface area (Å²) in [5.41, 5.74) is 2.54. The van der Waals surface area contributed by atoms with E-state index in [9.17, 15) is 15.3 Å². The molecular weight excluding hydrogens is 276 g/mol. The molecule has 0 aliphatic heterocycles. The molecule has 22 heavy (non-hydrogen) atoms. The second-order valence-corrected chi connectivity index (χ2v) is 5.13. The summed E-state index contributed by atoms with van der Waals surface area (Å²) in [7, 11) is 0. The van der Waals surface area contributed by atoms with Crippen molar-refractivity contribution in [3.8, 4) is 17.2 Å². The number of hydrogen-bond acceptors (Lipinski definition) is 3. The quantitative estimate of drug-likeness (QED) is 0.505. The van der Waals surface area contributed by atoms with Gasteiger partial charge in [-0.3, -0.25) is 0 Å². The van der Waals surface area contributed by atoms with Gasteiger partial charge in [0.1, 0.15) is 0 Å². The smallest absolute Gasteiger partial charge is 0.200 e. The Bertz CT molecular complexity index is 728. The summed E-state index contributed by atoms with van der Waals surface area (Å²) >= 11 is 0. The highest BCUT2D eigenvalue weighted by molar-refractivity contribution is 5.58. The molecule has 0 aliphatic carbocycles. The molecule has 0 radical (unpaired) electrons. The maximum Gasteiger partial charge on any atom is 0.200 e. The zero-order valence-corrected chi connectivity index (χ0v) is 11.8. The zero-order valence-electron chi connectivity index (χ0n) is 11.8. The third kappa shape index (κ3) is 2.49. The summed E-state index contributed by atoms with van der Waals surface area (Å²) in [5, 5.41) is 29.6. The monoisotopic (exact) mass is 292 g/mol. The first-order valence-corrected chi connectivity index (χ1v) is 7.02. The van der Waals surface area contributed by atoms with E-state index >= 15 is 0 Å². The molecule has 0 atom stereocenters. The number of rotatable bonds is 3. The molecule has 3 N–H and O–H groups in total. The van der Waals surface area contributed by atoms with Crippen LogP contribution in [-0.2, 0) is 0 Å². The first-order chi connectivity index (χ1) is 10.7. The van der Waals surface area contributed by atoms with Gasteiger partial charge in [-0.15, -0.1) is 0 Å². The van der Waals surface area contributed by atoms with Crippen LogP contribution in [0.2, 0.25) is 0 Å². The number of phenolic OH excluding ortho intramolecular Hbond substituents is 3.